The molecule has 2 amide bonds. The van der Waals surface area contributed by atoms with Crippen molar-refractivity contribution in [1.82, 2.24) is 10.6 Å². The summed E-state index contributed by atoms with van der Waals surface area (Å²) < 4.78 is 0. The van der Waals surface area contributed by atoms with E-state index in [0.29, 0.717) is 11.1 Å². The molecule has 2 aromatic rings. The number of hydrogen-bond donors (Lipinski definition) is 3. The number of nitro groups is 1. The van der Waals surface area contributed by atoms with E-state index in [1.807, 2.05) is 0 Å². The van der Waals surface area contributed by atoms with Crippen molar-refractivity contribution in [3.63, 3.8) is 0 Å². The zero-order valence-electron chi connectivity index (χ0n) is 14.6. The number of amides is 2. The van der Waals surface area contributed by atoms with E-state index in [4.69, 9.17) is 5.11 Å². The molecule has 28 heavy (non-hydrogen) atoms. The number of non-ortho nitro benzene ring substituents is 1. The molecule has 2 rings (SSSR count). The molecule has 0 atom stereocenters. The van der Waals surface area contributed by atoms with Crippen LogP contribution in [0, 0.1) is 10.1 Å². The maximum Gasteiger partial charge on any atom is 0.305 e. The molecule has 0 saturated carbocycles. The quantitative estimate of drug-likeness (QED) is 0.362. The molecule has 0 fully saturated rings. The first-order chi connectivity index (χ1) is 13.4. The number of carbonyl (C=O) groups excluding carboxylic acids is 2. The number of rotatable bonds is 8. The molecule has 0 aromatic heterocycles. The van der Waals surface area contributed by atoms with Gasteiger partial charge >= 0.3 is 5.97 Å². The van der Waals surface area contributed by atoms with Crippen LogP contribution in [0.5, 0.6) is 0 Å². The van der Waals surface area contributed by atoms with E-state index >= 15 is 0 Å². The lowest BCUT2D eigenvalue weighted by molar-refractivity contribution is -0.384. The van der Waals surface area contributed by atoms with Crippen molar-refractivity contribution in [2.45, 2.75) is 6.42 Å². The summed E-state index contributed by atoms with van der Waals surface area (Å²) in [4.78, 5) is 45.7. The first-order valence-corrected chi connectivity index (χ1v) is 8.19. The summed E-state index contributed by atoms with van der Waals surface area (Å²) in [6.07, 6.45) is 0.992. The average molecular weight is 383 g/mol. The number of nitrogens with one attached hydrogen (secondary N) is 2. The van der Waals surface area contributed by atoms with Crippen LogP contribution >= 0.6 is 0 Å². The third-order valence-corrected chi connectivity index (χ3v) is 3.55. The highest BCUT2D eigenvalue weighted by Gasteiger charge is 2.15. The molecule has 3 N–H and O–H groups in total. The van der Waals surface area contributed by atoms with Gasteiger partial charge < -0.3 is 15.7 Å². The van der Waals surface area contributed by atoms with Gasteiger partial charge in [-0.1, -0.05) is 30.3 Å². The van der Waals surface area contributed by atoms with E-state index in [2.05, 4.69) is 10.6 Å². The molecule has 2 aromatic carbocycles. The molecule has 0 spiro atoms. The van der Waals surface area contributed by atoms with Gasteiger partial charge in [0.25, 0.3) is 17.5 Å². The topological polar surface area (TPSA) is 139 Å². The Balaban J connectivity index is 2.28. The van der Waals surface area contributed by atoms with Crippen LogP contribution < -0.4 is 10.6 Å². The smallest absolute Gasteiger partial charge is 0.305 e. The van der Waals surface area contributed by atoms with Crippen LogP contribution in [0.2, 0.25) is 0 Å². The van der Waals surface area contributed by atoms with Gasteiger partial charge in [0.15, 0.2) is 0 Å². The summed E-state index contributed by atoms with van der Waals surface area (Å²) in [6.45, 7) is -0.137. The molecule has 0 heterocycles. The first-order valence-electron chi connectivity index (χ1n) is 8.19. The Morgan fingerprint density at radius 2 is 1.79 bits per heavy atom. The van der Waals surface area contributed by atoms with Crippen LogP contribution in [0.15, 0.2) is 60.3 Å². The molecule has 0 unspecified atom stereocenters. The second-order valence-corrected chi connectivity index (χ2v) is 5.63. The molecule has 0 bridgehead atoms. The molecule has 9 nitrogen and oxygen atoms in total. The van der Waals surface area contributed by atoms with E-state index in [0.717, 1.165) is 0 Å². The van der Waals surface area contributed by atoms with Gasteiger partial charge in [-0.3, -0.25) is 24.5 Å². The van der Waals surface area contributed by atoms with Gasteiger partial charge in [-0.05, 0) is 23.8 Å². The number of nitrogens with zero attached hydrogens (tertiary/aromatic N) is 1. The fourth-order valence-corrected chi connectivity index (χ4v) is 2.22. The van der Waals surface area contributed by atoms with Gasteiger partial charge in [0.1, 0.15) is 5.70 Å². The van der Waals surface area contributed by atoms with E-state index in [1.165, 1.54) is 30.3 Å². The van der Waals surface area contributed by atoms with Gasteiger partial charge in [-0.15, -0.1) is 0 Å². The summed E-state index contributed by atoms with van der Waals surface area (Å²) in [5, 5.41) is 24.5. The number of carboxylic acids is 1. The van der Waals surface area contributed by atoms with Gasteiger partial charge in [0.05, 0.1) is 11.3 Å². The van der Waals surface area contributed by atoms with Crippen LogP contribution in [0.1, 0.15) is 22.3 Å². The van der Waals surface area contributed by atoms with Gasteiger partial charge in [0, 0.05) is 24.2 Å². The average Bonchev–Trinajstić information content (AvgIpc) is 2.68. The molecule has 0 aliphatic rings. The van der Waals surface area contributed by atoms with Crippen molar-refractivity contribution < 1.29 is 24.4 Å². The highest BCUT2D eigenvalue weighted by Crippen LogP contribution is 2.15. The van der Waals surface area contributed by atoms with Crippen molar-refractivity contribution in [2.24, 2.45) is 0 Å². The zero-order valence-corrected chi connectivity index (χ0v) is 14.6. The Kier molecular flexibility index (Phi) is 6.98. The minimum atomic E-state index is -1.09. The summed E-state index contributed by atoms with van der Waals surface area (Å²) in [6, 6.07) is 13.7. The summed E-state index contributed by atoms with van der Waals surface area (Å²) in [5.41, 5.74) is 0.297. The number of carboxylic acid groups (broad SMARTS) is 1. The zero-order chi connectivity index (χ0) is 20.5. The highest BCUT2D eigenvalue weighted by atomic mass is 16.6. The van der Waals surface area contributed by atoms with Crippen LogP contribution in [0.4, 0.5) is 5.69 Å². The fourth-order valence-electron chi connectivity index (χ4n) is 2.22. The largest absolute Gasteiger partial charge is 0.481 e. The molecular formula is C19H17N3O6. The van der Waals surface area contributed by atoms with Crippen molar-refractivity contribution >= 4 is 29.5 Å². The maximum atomic E-state index is 12.4. The second kappa shape index (κ2) is 9.62. The molecule has 0 aliphatic carbocycles. The number of carbonyl (C=O) groups is 3. The predicted molar refractivity (Wildman–Crippen MR) is 100 cm³/mol. The maximum absolute atomic E-state index is 12.4. The minimum Gasteiger partial charge on any atom is -0.481 e. The third kappa shape index (κ3) is 6.06. The first kappa shape index (κ1) is 20.3. The van der Waals surface area contributed by atoms with Crippen LogP contribution in [-0.4, -0.2) is 34.4 Å². The molecule has 0 radical (unpaired) electrons. The number of benzene rings is 2. The Morgan fingerprint density at radius 1 is 1.07 bits per heavy atom. The molecule has 0 aliphatic heterocycles. The molecular weight excluding hydrogens is 366 g/mol. The molecule has 0 saturated heterocycles. The lowest BCUT2D eigenvalue weighted by Gasteiger charge is -2.11. The summed E-state index contributed by atoms with van der Waals surface area (Å²) in [5.74, 6) is -2.35. The normalized spacial score (nSPS) is 10.8. The van der Waals surface area contributed by atoms with Gasteiger partial charge in [-0.2, -0.15) is 0 Å². The monoisotopic (exact) mass is 383 g/mol. The SMILES string of the molecule is O=C(O)CCNC(=O)/C(=C\c1cccc([N+](=O)[O-])c1)NC(=O)c1ccccc1. The lowest BCUT2D eigenvalue weighted by atomic mass is 10.1. The van der Waals surface area contributed by atoms with Gasteiger partial charge in [0.2, 0.25) is 0 Å². The van der Waals surface area contributed by atoms with E-state index in [9.17, 15) is 24.5 Å². The van der Waals surface area contributed by atoms with E-state index < -0.39 is 22.7 Å². The predicted octanol–water partition coefficient (Wildman–Crippen LogP) is 1.96. The Hall–Kier alpha value is -4.01. The van der Waals surface area contributed by atoms with Crippen LogP contribution in [0.3, 0.4) is 0 Å². The number of nitro benzene ring substituents is 1. The van der Waals surface area contributed by atoms with Crippen LogP contribution in [-0.2, 0) is 9.59 Å². The van der Waals surface area contributed by atoms with Crippen LogP contribution in [0.25, 0.3) is 6.08 Å². The van der Waals surface area contributed by atoms with Gasteiger partial charge in [-0.25, -0.2) is 0 Å². The molecule has 9 heteroatoms. The van der Waals surface area contributed by atoms with E-state index in [1.54, 1.807) is 30.3 Å². The number of hydrogen-bond acceptors (Lipinski definition) is 5. The lowest BCUT2D eigenvalue weighted by Crippen LogP contribution is -2.35. The van der Waals surface area contributed by atoms with Crippen molar-refractivity contribution in [2.75, 3.05) is 6.54 Å². The Bertz CT molecular complexity index is 924. The van der Waals surface area contributed by atoms with E-state index in [-0.39, 0.29) is 24.4 Å². The highest BCUT2D eigenvalue weighted by molar-refractivity contribution is 6.05. The van der Waals surface area contributed by atoms with Crippen molar-refractivity contribution in [3.8, 4) is 0 Å². The minimum absolute atomic E-state index is 0.137. The summed E-state index contributed by atoms with van der Waals surface area (Å²) in [7, 11) is 0. The number of aliphatic carboxylic acids is 1. The summed E-state index contributed by atoms with van der Waals surface area (Å²) >= 11 is 0. The third-order valence-electron chi connectivity index (χ3n) is 3.55. The van der Waals surface area contributed by atoms with Crippen molar-refractivity contribution in [1.29, 1.82) is 0 Å². The Morgan fingerprint density at radius 3 is 2.43 bits per heavy atom. The van der Waals surface area contributed by atoms with Crippen molar-refractivity contribution in [3.05, 3.63) is 81.5 Å². The standard InChI is InChI=1S/C19H17N3O6/c23-17(24)9-10-20-19(26)16(21-18(25)14-6-2-1-3-7-14)12-13-5-4-8-15(11-13)22(27)28/h1-8,11-12H,9-10H2,(H,20,26)(H,21,25)(H,23,24)/b16-12+. The Labute approximate surface area is 159 Å². The fraction of sp³-hybridized carbons (Fsp3) is 0.105. The second-order valence-electron chi connectivity index (χ2n) is 5.63. The molecule has 144 valence electrons.